The minimum Gasteiger partial charge on any atom is -0.481 e. The van der Waals surface area contributed by atoms with Gasteiger partial charge in [0.25, 0.3) is 0 Å². The topological polar surface area (TPSA) is 277 Å². The molecule has 1 aliphatic carbocycles. The molecule has 1 saturated carbocycles. The first-order chi connectivity index (χ1) is 33.9. The second-order valence-corrected chi connectivity index (χ2v) is 18.6. The van der Waals surface area contributed by atoms with Crippen molar-refractivity contribution in [2.45, 2.75) is 192 Å². The number of hydrogen-bond acceptors (Lipinski definition) is 12. The Labute approximate surface area is 418 Å². The maximum atomic E-state index is 13.0. The predicted octanol–water partition coefficient (Wildman–Crippen LogP) is 5.90. The van der Waals surface area contributed by atoms with Crippen LogP contribution in [0.25, 0.3) is 0 Å². The molecule has 1 fully saturated rings. The van der Waals surface area contributed by atoms with Crippen LogP contribution >= 0.6 is 0 Å². The molecule has 19 heteroatoms. The fourth-order valence-corrected chi connectivity index (χ4v) is 8.29. The Bertz CT molecular complexity index is 1400. The van der Waals surface area contributed by atoms with Crippen molar-refractivity contribution in [1.29, 1.82) is 0 Å². The van der Waals surface area contributed by atoms with E-state index in [9.17, 15) is 38.7 Å². The molecule has 406 valence electrons. The molecule has 0 radical (unpaired) electrons. The van der Waals surface area contributed by atoms with E-state index >= 15 is 0 Å². The van der Waals surface area contributed by atoms with Gasteiger partial charge in [0, 0.05) is 51.2 Å². The summed E-state index contributed by atoms with van der Waals surface area (Å²) in [5, 5.41) is 41.3. The summed E-state index contributed by atoms with van der Waals surface area (Å²) in [4.78, 5) is 83.1. The van der Waals surface area contributed by atoms with Gasteiger partial charge in [-0.3, -0.25) is 28.8 Å². The lowest BCUT2D eigenvalue weighted by atomic mass is 9.81. The molecule has 1 rings (SSSR count). The molecule has 4 amide bonds. The number of hydrogen-bond donors (Lipinski definition) is 8. The van der Waals surface area contributed by atoms with Gasteiger partial charge in [0.1, 0.15) is 12.1 Å². The maximum absolute atomic E-state index is 13.0. The summed E-state index contributed by atoms with van der Waals surface area (Å²) in [6.07, 6.45) is 24.4. The van der Waals surface area contributed by atoms with Crippen molar-refractivity contribution >= 4 is 41.5 Å². The number of rotatable bonds is 49. The Kier molecular flexibility index (Phi) is 41.2. The molecule has 2 atom stereocenters. The number of aliphatic carboxylic acids is 3. The normalized spacial score (nSPS) is 15.4. The minimum atomic E-state index is -1.19. The van der Waals surface area contributed by atoms with Gasteiger partial charge < -0.3 is 60.9 Å². The quantitative estimate of drug-likeness (QED) is 0.0330. The van der Waals surface area contributed by atoms with Gasteiger partial charge in [-0.2, -0.15) is 0 Å². The van der Waals surface area contributed by atoms with E-state index in [-0.39, 0.29) is 68.6 Å². The zero-order valence-corrected chi connectivity index (χ0v) is 42.7. The Hall–Kier alpha value is -3.91. The number of carboxylic acids is 3. The number of likely N-dealkylation sites (N-methyl/N-ethyl adjacent to an activating group) is 1. The molecule has 0 aromatic carbocycles. The largest absolute Gasteiger partial charge is 0.481 e. The summed E-state index contributed by atoms with van der Waals surface area (Å²) in [7, 11) is 1.61. The highest BCUT2D eigenvalue weighted by atomic mass is 16.6. The van der Waals surface area contributed by atoms with E-state index in [1.165, 1.54) is 64.2 Å². The summed E-state index contributed by atoms with van der Waals surface area (Å²) in [6, 6.07) is -1.74. The molecule has 19 nitrogen and oxygen atoms in total. The Balaban J connectivity index is 1.96. The zero-order chi connectivity index (χ0) is 51.3. The summed E-state index contributed by atoms with van der Waals surface area (Å²) < 4.78 is 21.8. The van der Waals surface area contributed by atoms with E-state index in [0.29, 0.717) is 104 Å². The van der Waals surface area contributed by atoms with E-state index in [1.807, 2.05) is 0 Å². The number of nitrogens with one attached hydrogen (secondary N) is 5. The fourth-order valence-electron chi connectivity index (χ4n) is 8.29. The molecular weight excluding hydrogens is 907 g/mol. The van der Waals surface area contributed by atoms with Gasteiger partial charge in [-0.1, -0.05) is 89.9 Å². The van der Waals surface area contributed by atoms with Crippen molar-refractivity contribution in [3.05, 3.63) is 0 Å². The third-order valence-electron chi connectivity index (χ3n) is 12.7. The van der Waals surface area contributed by atoms with Crippen molar-refractivity contribution < 1.29 is 67.8 Å². The SMILES string of the molecule is CN[C@@H](CCCCNC(=O)CCOCCOCCOCCOCCNC(=O)CC[C@H](NC(=O)[C@H]1CC[C@H](CNC(=O)CCCCCCCCCCCCCCCCCCC(=O)O)CC1)C(=O)O)C(=O)O. The highest BCUT2D eigenvalue weighted by Crippen LogP contribution is 2.29. The minimum absolute atomic E-state index is 0.0321. The average Bonchev–Trinajstić information content (AvgIpc) is 3.33. The van der Waals surface area contributed by atoms with Crippen LogP contribution in [-0.2, 0) is 52.5 Å². The van der Waals surface area contributed by atoms with Gasteiger partial charge >= 0.3 is 17.9 Å². The lowest BCUT2D eigenvalue weighted by Crippen LogP contribution is -2.45. The highest BCUT2D eigenvalue weighted by Gasteiger charge is 2.30. The number of amides is 4. The average molecular weight is 1000 g/mol. The van der Waals surface area contributed by atoms with Crippen LogP contribution in [0.2, 0.25) is 0 Å². The molecule has 0 aromatic heterocycles. The molecule has 0 aliphatic heterocycles. The second-order valence-electron chi connectivity index (χ2n) is 18.6. The van der Waals surface area contributed by atoms with Gasteiger partial charge in [-0.05, 0) is 77.2 Å². The van der Waals surface area contributed by atoms with Gasteiger partial charge in [-0.25, -0.2) is 4.79 Å². The van der Waals surface area contributed by atoms with E-state index in [1.54, 1.807) is 7.05 Å². The summed E-state index contributed by atoms with van der Waals surface area (Å²) in [5.74, 6) is -3.46. The number of carbonyl (C=O) groups excluding carboxylic acids is 4. The van der Waals surface area contributed by atoms with Crippen LogP contribution in [-0.4, -0.2) is 148 Å². The molecule has 0 spiro atoms. The third kappa shape index (κ3) is 38.8. The van der Waals surface area contributed by atoms with Gasteiger partial charge in [0.15, 0.2) is 0 Å². The van der Waals surface area contributed by atoms with Crippen molar-refractivity contribution in [2.24, 2.45) is 11.8 Å². The van der Waals surface area contributed by atoms with Crippen LogP contribution in [0.5, 0.6) is 0 Å². The summed E-state index contributed by atoms with van der Waals surface area (Å²) in [6.45, 7) is 3.93. The van der Waals surface area contributed by atoms with Crippen molar-refractivity contribution in [3.8, 4) is 0 Å². The molecule has 0 heterocycles. The molecule has 0 aromatic rings. The molecule has 0 bridgehead atoms. The lowest BCUT2D eigenvalue weighted by molar-refractivity contribution is -0.143. The molecule has 70 heavy (non-hydrogen) atoms. The number of carbonyl (C=O) groups is 7. The number of carboxylic acid groups (broad SMARTS) is 3. The Morgan fingerprint density at radius 2 is 0.886 bits per heavy atom. The Morgan fingerprint density at radius 3 is 1.39 bits per heavy atom. The molecule has 0 unspecified atom stereocenters. The number of ether oxygens (including phenoxy) is 4. The van der Waals surface area contributed by atoms with Crippen LogP contribution in [0.15, 0.2) is 0 Å². The smallest absolute Gasteiger partial charge is 0.326 e. The van der Waals surface area contributed by atoms with Crippen LogP contribution in [0.4, 0.5) is 0 Å². The first kappa shape index (κ1) is 64.1. The fraction of sp³-hybridized carbons (Fsp3) is 0.863. The van der Waals surface area contributed by atoms with E-state index < -0.39 is 30.0 Å². The summed E-state index contributed by atoms with van der Waals surface area (Å²) in [5.41, 5.74) is 0. The second kappa shape index (κ2) is 45.0. The first-order valence-electron chi connectivity index (χ1n) is 26.7. The molecule has 1 aliphatic rings. The van der Waals surface area contributed by atoms with E-state index in [2.05, 4.69) is 26.6 Å². The Morgan fingerprint density at radius 1 is 0.443 bits per heavy atom. The predicted molar refractivity (Wildman–Crippen MR) is 266 cm³/mol. The van der Waals surface area contributed by atoms with Crippen LogP contribution in [0.3, 0.4) is 0 Å². The van der Waals surface area contributed by atoms with Crippen molar-refractivity contribution in [3.63, 3.8) is 0 Å². The van der Waals surface area contributed by atoms with Crippen LogP contribution < -0.4 is 26.6 Å². The molecular formula is C51H93N5O14. The monoisotopic (exact) mass is 1000 g/mol. The van der Waals surface area contributed by atoms with Crippen LogP contribution in [0, 0.1) is 11.8 Å². The molecule has 8 N–H and O–H groups in total. The number of unbranched alkanes of at least 4 members (excludes halogenated alkanes) is 16. The maximum Gasteiger partial charge on any atom is 0.326 e. The van der Waals surface area contributed by atoms with E-state index in [4.69, 9.17) is 29.2 Å². The van der Waals surface area contributed by atoms with E-state index in [0.717, 1.165) is 51.4 Å². The highest BCUT2D eigenvalue weighted by molar-refractivity contribution is 5.85. The third-order valence-corrected chi connectivity index (χ3v) is 12.7. The molecule has 0 saturated heterocycles. The lowest BCUT2D eigenvalue weighted by Gasteiger charge is -2.28. The van der Waals surface area contributed by atoms with Gasteiger partial charge in [-0.15, -0.1) is 0 Å². The van der Waals surface area contributed by atoms with Gasteiger partial charge in [0.2, 0.25) is 23.6 Å². The standard InChI is InChI=1S/C51H93N5O14/c1-52-43(50(63)64)20-18-19-30-53-47(59)29-32-67-34-36-69-38-39-70-37-35-68-33-31-54-46(58)28-27-44(51(65)66)56-49(62)42-25-23-41(24-26-42)40-55-45(57)21-16-14-12-10-8-6-4-2-3-5-7-9-11-13-15-17-22-48(60)61/h41-44,52H,2-40H2,1H3,(H,53,59)(H,54,58)(H,55,57)(H,56,62)(H,60,61)(H,63,64)(H,65,66)/t41-,42-,43-,44-/m0/s1. The van der Waals surface area contributed by atoms with Gasteiger partial charge in [0.05, 0.1) is 52.9 Å². The first-order valence-corrected chi connectivity index (χ1v) is 26.7. The summed E-state index contributed by atoms with van der Waals surface area (Å²) >= 11 is 0. The zero-order valence-electron chi connectivity index (χ0n) is 42.7. The van der Waals surface area contributed by atoms with Crippen LogP contribution in [0.1, 0.15) is 180 Å². The van der Waals surface area contributed by atoms with Crippen molar-refractivity contribution in [1.82, 2.24) is 26.6 Å². The van der Waals surface area contributed by atoms with Crippen molar-refractivity contribution in [2.75, 3.05) is 79.5 Å².